The summed E-state index contributed by atoms with van der Waals surface area (Å²) in [6.07, 6.45) is 0. The van der Waals surface area contributed by atoms with Crippen molar-refractivity contribution in [3.8, 4) is 0 Å². The Morgan fingerprint density at radius 2 is 1.93 bits per heavy atom. The van der Waals surface area contributed by atoms with Gasteiger partial charge in [0, 0.05) is 6.92 Å². The lowest BCUT2D eigenvalue weighted by Gasteiger charge is -2.22. The highest BCUT2D eigenvalue weighted by Crippen LogP contribution is 2.46. The van der Waals surface area contributed by atoms with Gasteiger partial charge in [0.05, 0.1) is 5.60 Å². The molecule has 0 saturated carbocycles. The second kappa shape index (κ2) is 4.89. The number of hydrogen-bond acceptors (Lipinski definition) is 5. The summed E-state index contributed by atoms with van der Waals surface area (Å²) in [5, 5.41) is 0. The maximum absolute atomic E-state index is 11.1. The average Bonchev–Trinajstić information content (AvgIpc) is 1.78. The van der Waals surface area contributed by atoms with E-state index in [2.05, 4.69) is 9.26 Å². The molecule has 0 aliphatic carbocycles. The molecule has 0 aromatic carbocycles. The van der Waals surface area contributed by atoms with Crippen LogP contribution in [-0.2, 0) is 23.1 Å². The number of phosphoric ester groups is 1. The lowest BCUT2D eigenvalue weighted by Crippen LogP contribution is -2.18. The van der Waals surface area contributed by atoms with Crippen LogP contribution >= 0.6 is 7.82 Å². The van der Waals surface area contributed by atoms with Gasteiger partial charge in [0.2, 0.25) is 6.79 Å². The van der Waals surface area contributed by atoms with Crippen molar-refractivity contribution in [3.63, 3.8) is 0 Å². The topological polar surface area (TPSA) is 82.1 Å². The van der Waals surface area contributed by atoms with Crippen LogP contribution < -0.4 is 0 Å². The van der Waals surface area contributed by atoms with Gasteiger partial charge >= 0.3 is 13.8 Å². The molecule has 0 fully saturated rings. The third-order valence-electron chi connectivity index (χ3n) is 0.867. The summed E-state index contributed by atoms with van der Waals surface area (Å²) in [4.78, 5) is 19.4. The van der Waals surface area contributed by atoms with Crippen LogP contribution in [0.25, 0.3) is 0 Å². The molecular weight excluding hydrogens is 211 g/mol. The van der Waals surface area contributed by atoms with E-state index in [9.17, 15) is 9.36 Å². The summed E-state index contributed by atoms with van der Waals surface area (Å²) in [5.74, 6) is -0.597. The molecule has 0 aliphatic rings. The Morgan fingerprint density at radius 1 is 1.43 bits per heavy atom. The van der Waals surface area contributed by atoms with Crippen LogP contribution in [0.5, 0.6) is 0 Å². The van der Waals surface area contributed by atoms with Crippen molar-refractivity contribution < 1.29 is 28.0 Å². The molecule has 1 N–H and O–H groups in total. The predicted octanol–water partition coefficient (Wildman–Crippen LogP) is 1.44. The van der Waals surface area contributed by atoms with E-state index in [0.717, 1.165) is 6.92 Å². The van der Waals surface area contributed by atoms with E-state index in [-0.39, 0.29) is 0 Å². The lowest BCUT2D eigenvalue weighted by atomic mass is 10.2. The Kier molecular flexibility index (Phi) is 4.74. The summed E-state index contributed by atoms with van der Waals surface area (Å²) in [6.45, 7) is 5.37. The van der Waals surface area contributed by atoms with Gasteiger partial charge in [-0.15, -0.1) is 0 Å². The summed E-state index contributed by atoms with van der Waals surface area (Å²) in [7, 11) is -4.15. The van der Waals surface area contributed by atoms with E-state index in [1.165, 1.54) is 0 Å². The minimum absolute atomic E-state index is 0.597. The smallest absolute Gasteiger partial charge is 0.438 e. The van der Waals surface area contributed by atoms with Crippen LogP contribution in [0.1, 0.15) is 27.7 Å². The number of carbonyl (C=O) groups excluding carboxylic acids is 1. The third-order valence-corrected chi connectivity index (χ3v) is 2.08. The Balaban J connectivity index is 3.96. The zero-order valence-corrected chi connectivity index (χ0v) is 9.54. The normalized spacial score (nSPS) is 16.1. The highest BCUT2D eigenvalue weighted by atomic mass is 31.2. The van der Waals surface area contributed by atoms with Crippen molar-refractivity contribution in [3.05, 3.63) is 0 Å². The van der Waals surface area contributed by atoms with Gasteiger partial charge < -0.3 is 9.63 Å². The maximum atomic E-state index is 11.1. The lowest BCUT2D eigenvalue weighted by molar-refractivity contribution is -0.148. The minimum Gasteiger partial charge on any atom is -0.438 e. The van der Waals surface area contributed by atoms with Crippen molar-refractivity contribution in [1.82, 2.24) is 0 Å². The Hall–Kier alpha value is -0.420. The molecule has 14 heavy (non-hydrogen) atoms. The fraction of sp³-hybridized carbons (Fsp3) is 0.857. The summed E-state index contributed by atoms with van der Waals surface area (Å²) in [5.41, 5.74) is -0.805. The van der Waals surface area contributed by atoms with Crippen molar-refractivity contribution in [2.24, 2.45) is 0 Å². The predicted molar refractivity (Wildman–Crippen MR) is 48.4 cm³/mol. The maximum Gasteiger partial charge on any atom is 0.475 e. The molecule has 0 aromatic rings. The molecule has 1 atom stereocenters. The van der Waals surface area contributed by atoms with Crippen LogP contribution in [0, 0.1) is 0 Å². The number of esters is 1. The molecule has 0 bridgehead atoms. The molecule has 84 valence electrons. The van der Waals surface area contributed by atoms with Crippen molar-refractivity contribution in [2.45, 2.75) is 33.3 Å². The molecule has 0 amide bonds. The monoisotopic (exact) mass is 226 g/mol. The number of phosphoric acid groups is 1. The van der Waals surface area contributed by atoms with Gasteiger partial charge in [0.15, 0.2) is 0 Å². The fourth-order valence-electron chi connectivity index (χ4n) is 0.548. The van der Waals surface area contributed by atoms with Gasteiger partial charge in [-0.25, -0.2) is 9.09 Å². The van der Waals surface area contributed by atoms with Crippen LogP contribution in [0.15, 0.2) is 0 Å². The van der Waals surface area contributed by atoms with Gasteiger partial charge in [-0.05, 0) is 20.8 Å². The summed E-state index contributed by atoms with van der Waals surface area (Å²) in [6, 6.07) is 0. The van der Waals surface area contributed by atoms with E-state index < -0.39 is 26.2 Å². The summed E-state index contributed by atoms with van der Waals surface area (Å²) < 4.78 is 24.5. The molecule has 0 heterocycles. The standard InChI is InChI=1S/C7H15O6P/c1-6(8)11-5-12-14(9,10)13-7(2,3)4/h5H2,1-4H3,(H,9,10). The molecule has 1 unspecified atom stereocenters. The average molecular weight is 226 g/mol. The van der Waals surface area contributed by atoms with E-state index in [1.807, 2.05) is 0 Å². The van der Waals surface area contributed by atoms with E-state index in [1.54, 1.807) is 20.8 Å². The highest BCUT2D eigenvalue weighted by molar-refractivity contribution is 7.47. The molecule has 6 nitrogen and oxygen atoms in total. The molecule has 0 aromatic heterocycles. The zero-order valence-electron chi connectivity index (χ0n) is 8.64. The molecule has 0 spiro atoms. The van der Waals surface area contributed by atoms with Crippen molar-refractivity contribution in [1.29, 1.82) is 0 Å². The second-order valence-corrected chi connectivity index (χ2v) is 4.93. The van der Waals surface area contributed by atoms with E-state index in [4.69, 9.17) is 9.42 Å². The molecule has 0 aliphatic heterocycles. The van der Waals surface area contributed by atoms with Crippen LogP contribution in [0.4, 0.5) is 0 Å². The first-order valence-corrected chi connectivity index (χ1v) is 5.43. The molecule has 0 radical (unpaired) electrons. The van der Waals surface area contributed by atoms with Crippen molar-refractivity contribution in [2.75, 3.05) is 6.79 Å². The third kappa shape index (κ3) is 8.19. The number of carbonyl (C=O) groups is 1. The molecule has 7 heteroatoms. The largest absolute Gasteiger partial charge is 0.475 e. The zero-order chi connectivity index (χ0) is 11.4. The first kappa shape index (κ1) is 13.6. The first-order chi connectivity index (χ1) is 6.12. The molecule has 0 saturated heterocycles. The fourth-order valence-corrected chi connectivity index (χ4v) is 1.48. The van der Waals surface area contributed by atoms with Gasteiger partial charge in [0.1, 0.15) is 0 Å². The Morgan fingerprint density at radius 3 is 2.29 bits per heavy atom. The minimum atomic E-state index is -4.15. The van der Waals surface area contributed by atoms with E-state index in [0.29, 0.717) is 0 Å². The molecule has 0 rings (SSSR count). The molecular formula is C7H15O6P. The SMILES string of the molecule is CC(=O)OCOP(=O)(O)OC(C)(C)C. The highest BCUT2D eigenvalue weighted by Gasteiger charge is 2.28. The van der Waals surface area contributed by atoms with Crippen LogP contribution in [-0.4, -0.2) is 23.3 Å². The van der Waals surface area contributed by atoms with Gasteiger partial charge in [0.25, 0.3) is 0 Å². The number of ether oxygens (including phenoxy) is 1. The van der Waals surface area contributed by atoms with Gasteiger partial charge in [-0.1, -0.05) is 0 Å². The van der Waals surface area contributed by atoms with Crippen molar-refractivity contribution >= 4 is 13.8 Å². The van der Waals surface area contributed by atoms with E-state index >= 15 is 0 Å². The van der Waals surface area contributed by atoms with Crippen LogP contribution in [0.2, 0.25) is 0 Å². The summed E-state index contributed by atoms with van der Waals surface area (Å²) >= 11 is 0. The Bertz CT molecular complexity index is 243. The van der Waals surface area contributed by atoms with Gasteiger partial charge in [-0.2, -0.15) is 0 Å². The Labute approximate surface area is 82.8 Å². The first-order valence-electron chi connectivity index (χ1n) is 3.94. The quantitative estimate of drug-likeness (QED) is 0.443. The number of rotatable bonds is 4. The van der Waals surface area contributed by atoms with Gasteiger partial charge in [-0.3, -0.25) is 9.32 Å². The number of hydrogen-bond donors (Lipinski definition) is 1. The second-order valence-electron chi connectivity index (χ2n) is 3.56. The van der Waals surface area contributed by atoms with Crippen LogP contribution in [0.3, 0.4) is 0 Å².